The minimum absolute atomic E-state index is 0.0732. The summed E-state index contributed by atoms with van der Waals surface area (Å²) in [4.78, 5) is 11.5. The molecule has 0 spiro atoms. The molecule has 1 unspecified atom stereocenters. The topological polar surface area (TPSA) is 40.9 Å². The highest BCUT2D eigenvalue weighted by molar-refractivity contribution is 14.1. The van der Waals surface area contributed by atoms with E-state index in [9.17, 15) is 10.1 Å². The Morgan fingerprint density at radius 2 is 1.96 bits per heavy atom. The average Bonchev–Trinajstić information content (AvgIpc) is 2.56. The van der Waals surface area contributed by atoms with E-state index in [0.717, 1.165) is 27.8 Å². The van der Waals surface area contributed by atoms with E-state index in [1.807, 2.05) is 45.0 Å². The fraction of sp³-hybridized carbons (Fsp3) is 0.273. The Kier molecular flexibility index (Phi) is 6.18. The average molecular weight is 443 g/mol. The first-order valence-electron chi connectivity index (χ1n) is 8.21. The quantitative estimate of drug-likeness (QED) is 0.445. The summed E-state index contributed by atoms with van der Waals surface area (Å²) >= 11 is 2.29. The molecule has 2 aromatic rings. The summed E-state index contributed by atoms with van der Waals surface area (Å²) in [5, 5.41) is 9.84. The van der Waals surface area contributed by atoms with Crippen molar-refractivity contribution in [2.45, 2.75) is 39.5 Å². The van der Waals surface area contributed by atoms with Crippen LogP contribution in [-0.2, 0) is 16.6 Å². The van der Waals surface area contributed by atoms with Gasteiger partial charge in [0.05, 0.1) is 11.5 Å². The maximum atomic E-state index is 11.5. The molecule has 0 saturated carbocycles. The number of aryl methyl sites for hydroxylation is 1. The zero-order valence-corrected chi connectivity index (χ0v) is 17.2. The molecule has 2 rings (SSSR count). The van der Waals surface area contributed by atoms with Crippen LogP contribution in [0, 0.1) is 21.8 Å². The Morgan fingerprint density at radius 1 is 1.24 bits per heavy atom. The predicted molar refractivity (Wildman–Crippen MR) is 111 cm³/mol. The highest BCUT2D eigenvalue weighted by atomic mass is 127. The number of ketones is 1. The highest BCUT2D eigenvalue weighted by Gasteiger charge is 2.27. The first kappa shape index (κ1) is 19.4. The van der Waals surface area contributed by atoms with Crippen LogP contribution >= 0.6 is 22.6 Å². The van der Waals surface area contributed by atoms with E-state index in [1.165, 1.54) is 3.57 Å². The lowest BCUT2D eigenvalue weighted by Crippen LogP contribution is -2.23. The van der Waals surface area contributed by atoms with Gasteiger partial charge in [0.15, 0.2) is 5.78 Å². The van der Waals surface area contributed by atoms with Crippen LogP contribution in [0.25, 0.3) is 6.08 Å². The number of hydrogen-bond acceptors (Lipinski definition) is 2. The molecular formula is C22H22INO. The van der Waals surface area contributed by atoms with E-state index in [2.05, 4.69) is 52.9 Å². The first-order valence-corrected chi connectivity index (χ1v) is 9.29. The summed E-state index contributed by atoms with van der Waals surface area (Å²) < 4.78 is 1.17. The van der Waals surface area contributed by atoms with Crippen LogP contribution in [0.2, 0.25) is 0 Å². The number of hydrogen-bond donors (Lipinski definition) is 0. The van der Waals surface area contributed by atoms with Crippen molar-refractivity contribution in [1.82, 2.24) is 0 Å². The van der Waals surface area contributed by atoms with Crippen LogP contribution in [0.5, 0.6) is 0 Å². The van der Waals surface area contributed by atoms with Gasteiger partial charge >= 0.3 is 0 Å². The second kappa shape index (κ2) is 7.97. The molecule has 2 aromatic carbocycles. The van der Waals surface area contributed by atoms with E-state index in [1.54, 1.807) is 6.92 Å². The third kappa shape index (κ3) is 4.79. The van der Waals surface area contributed by atoms with Gasteiger partial charge < -0.3 is 0 Å². The van der Waals surface area contributed by atoms with E-state index in [-0.39, 0.29) is 5.78 Å². The third-order valence-electron chi connectivity index (χ3n) is 4.53. The molecule has 0 heterocycles. The van der Waals surface area contributed by atoms with Gasteiger partial charge in [-0.3, -0.25) is 4.79 Å². The van der Waals surface area contributed by atoms with Gasteiger partial charge in [-0.05, 0) is 103 Å². The largest absolute Gasteiger partial charge is 0.295 e. The van der Waals surface area contributed by atoms with E-state index < -0.39 is 5.41 Å². The van der Waals surface area contributed by atoms with Crippen LogP contribution in [0.1, 0.15) is 43.0 Å². The van der Waals surface area contributed by atoms with E-state index in [0.29, 0.717) is 6.42 Å². The molecule has 0 fully saturated rings. The number of rotatable bonds is 5. The van der Waals surface area contributed by atoms with Gasteiger partial charge in [0, 0.05) is 3.57 Å². The zero-order valence-electron chi connectivity index (χ0n) is 15.1. The van der Waals surface area contributed by atoms with Gasteiger partial charge in [0.25, 0.3) is 0 Å². The van der Waals surface area contributed by atoms with Gasteiger partial charge in [-0.25, -0.2) is 0 Å². The molecule has 0 aliphatic rings. The van der Waals surface area contributed by atoms with Crippen molar-refractivity contribution < 1.29 is 4.79 Å². The van der Waals surface area contributed by atoms with Gasteiger partial charge in [-0.15, -0.1) is 0 Å². The molecule has 0 radical (unpaired) electrons. The Bertz CT molecular complexity index is 876. The molecule has 0 aliphatic carbocycles. The second-order valence-corrected chi connectivity index (χ2v) is 7.95. The molecule has 0 amide bonds. The van der Waals surface area contributed by atoms with Gasteiger partial charge in [-0.1, -0.05) is 30.3 Å². The van der Waals surface area contributed by atoms with Crippen molar-refractivity contribution in [3.63, 3.8) is 0 Å². The summed E-state index contributed by atoms with van der Waals surface area (Å²) in [5.41, 5.74) is 4.40. The summed E-state index contributed by atoms with van der Waals surface area (Å²) in [7, 11) is 0. The standard InChI is InChI=1S/C22H22INO/c1-15(17(3)25)10-19-8-9-20(11-16(19)2)22(4,14-24)13-18-6-5-7-21(23)12-18/h5-12H,13H2,1-4H3/b15-10-. The number of benzene rings is 2. The Hall–Kier alpha value is -1.93. The minimum atomic E-state index is -0.590. The molecule has 3 heteroatoms. The Morgan fingerprint density at radius 3 is 2.52 bits per heavy atom. The van der Waals surface area contributed by atoms with Gasteiger partial charge in [-0.2, -0.15) is 5.26 Å². The molecule has 128 valence electrons. The lowest BCUT2D eigenvalue weighted by atomic mass is 9.77. The lowest BCUT2D eigenvalue weighted by Gasteiger charge is -2.23. The zero-order chi connectivity index (χ0) is 18.6. The third-order valence-corrected chi connectivity index (χ3v) is 5.20. The normalized spacial score (nSPS) is 13.8. The van der Waals surface area contributed by atoms with Crippen molar-refractivity contribution in [2.75, 3.05) is 0 Å². The number of carbonyl (C=O) groups is 1. The summed E-state index contributed by atoms with van der Waals surface area (Å²) in [5.74, 6) is 0.0732. The molecule has 0 N–H and O–H groups in total. The molecule has 2 nitrogen and oxygen atoms in total. The smallest absolute Gasteiger partial charge is 0.155 e. The molecule has 0 aromatic heterocycles. The monoisotopic (exact) mass is 443 g/mol. The lowest BCUT2D eigenvalue weighted by molar-refractivity contribution is -0.113. The Balaban J connectivity index is 2.38. The molecule has 0 aliphatic heterocycles. The SMILES string of the molecule is CC(=O)/C(C)=C\c1ccc(C(C)(C#N)Cc2cccc(I)c2)cc1C. The van der Waals surface area contributed by atoms with Crippen molar-refractivity contribution in [2.24, 2.45) is 0 Å². The van der Waals surface area contributed by atoms with Crippen molar-refractivity contribution in [3.8, 4) is 6.07 Å². The fourth-order valence-electron chi connectivity index (χ4n) is 2.78. The van der Waals surface area contributed by atoms with Crippen LogP contribution in [-0.4, -0.2) is 5.78 Å². The van der Waals surface area contributed by atoms with Crippen LogP contribution in [0.15, 0.2) is 48.0 Å². The predicted octanol–water partition coefficient (Wildman–Crippen LogP) is 5.62. The first-order chi connectivity index (χ1) is 11.7. The van der Waals surface area contributed by atoms with Gasteiger partial charge in [0.2, 0.25) is 0 Å². The second-order valence-electron chi connectivity index (χ2n) is 6.71. The van der Waals surface area contributed by atoms with Crippen LogP contribution < -0.4 is 0 Å². The minimum Gasteiger partial charge on any atom is -0.295 e. The van der Waals surface area contributed by atoms with E-state index >= 15 is 0 Å². The maximum Gasteiger partial charge on any atom is 0.155 e. The van der Waals surface area contributed by atoms with Crippen molar-refractivity contribution >= 4 is 34.5 Å². The van der Waals surface area contributed by atoms with Gasteiger partial charge in [0.1, 0.15) is 0 Å². The maximum absolute atomic E-state index is 11.5. The number of nitriles is 1. The van der Waals surface area contributed by atoms with E-state index in [4.69, 9.17) is 0 Å². The summed E-state index contributed by atoms with van der Waals surface area (Å²) in [6, 6.07) is 16.8. The Labute approximate surface area is 163 Å². The number of nitrogens with zero attached hydrogens (tertiary/aromatic N) is 1. The van der Waals surface area contributed by atoms with Crippen LogP contribution in [0.4, 0.5) is 0 Å². The molecule has 1 atom stereocenters. The number of carbonyl (C=O) groups excluding carboxylic acids is 1. The van der Waals surface area contributed by atoms with Crippen LogP contribution in [0.3, 0.4) is 0 Å². The van der Waals surface area contributed by atoms with Crippen molar-refractivity contribution in [1.29, 1.82) is 5.26 Å². The van der Waals surface area contributed by atoms with Crippen molar-refractivity contribution in [3.05, 3.63) is 73.9 Å². The summed E-state index contributed by atoms with van der Waals surface area (Å²) in [6.45, 7) is 7.40. The molecule has 0 bridgehead atoms. The molecule has 25 heavy (non-hydrogen) atoms. The number of Topliss-reactive ketones (excluding diaryl/α,β-unsaturated/α-hetero) is 1. The fourth-order valence-corrected chi connectivity index (χ4v) is 3.38. The molecular weight excluding hydrogens is 421 g/mol. The summed E-state index contributed by atoms with van der Waals surface area (Å²) in [6.07, 6.45) is 2.58. The number of allylic oxidation sites excluding steroid dienone is 1. The highest BCUT2D eigenvalue weighted by Crippen LogP contribution is 2.30. The number of halogens is 1. The molecule has 0 saturated heterocycles.